The molecule has 235 valence electrons. The molecule has 0 saturated carbocycles. The summed E-state index contributed by atoms with van der Waals surface area (Å²) >= 11 is 0. The van der Waals surface area contributed by atoms with Crippen LogP contribution in [-0.2, 0) is 31.5 Å². The number of ketones is 3. The molecule has 0 amide bonds. The number of carbonyl (C=O) groups excluding carboxylic acids is 3. The first-order valence-corrected chi connectivity index (χ1v) is 13.5. The van der Waals surface area contributed by atoms with Gasteiger partial charge in [-0.1, -0.05) is 125 Å². The minimum atomic E-state index is -0.417. The number of hydrogen-bond acceptors (Lipinski definition) is 6. The second kappa shape index (κ2) is 16.0. The van der Waals surface area contributed by atoms with Crippen molar-refractivity contribution >= 4 is 17.3 Å². The molecule has 40 heavy (non-hydrogen) atoms. The summed E-state index contributed by atoms with van der Waals surface area (Å²) < 4.78 is 0. The quantitative estimate of drug-likeness (QED) is 0.167. The third-order valence-corrected chi connectivity index (χ3v) is 5.33. The summed E-state index contributed by atoms with van der Waals surface area (Å²) in [7, 11) is 0. The summed E-state index contributed by atoms with van der Waals surface area (Å²) in [6, 6.07) is 0. The third kappa shape index (κ3) is 21.0. The molecule has 0 rings (SSSR count). The van der Waals surface area contributed by atoms with Gasteiger partial charge in [-0.3, -0.25) is 14.4 Å². The average Bonchev–Trinajstić information content (AvgIpc) is 2.64. The van der Waals surface area contributed by atoms with Crippen molar-refractivity contribution in [2.24, 2.45) is 32.5 Å². The minimum Gasteiger partial charge on any atom is -0.512 e. The van der Waals surface area contributed by atoms with E-state index in [1.165, 1.54) is 18.2 Å². The van der Waals surface area contributed by atoms with Crippen LogP contribution in [0.5, 0.6) is 0 Å². The molecule has 0 heterocycles. The molecule has 7 heteroatoms. The van der Waals surface area contributed by atoms with E-state index in [4.69, 9.17) is 0 Å². The van der Waals surface area contributed by atoms with E-state index in [1.54, 1.807) is 0 Å². The van der Waals surface area contributed by atoms with Gasteiger partial charge in [-0.25, -0.2) is 0 Å². The summed E-state index contributed by atoms with van der Waals surface area (Å²) in [4.78, 5) is 34.5. The zero-order valence-electron chi connectivity index (χ0n) is 28.7. The molecule has 0 bridgehead atoms. The van der Waals surface area contributed by atoms with Gasteiger partial charge in [0.15, 0.2) is 17.3 Å². The number of carbonyl (C=O) groups is 3. The summed E-state index contributed by atoms with van der Waals surface area (Å²) in [6.07, 6.45) is 4.00. The van der Waals surface area contributed by atoms with E-state index in [0.717, 1.165) is 0 Å². The van der Waals surface area contributed by atoms with E-state index >= 15 is 0 Å². The van der Waals surface area contributed by atoms with Gasteiger partial charge in [0, 0.05) is 67.8 Å². The molecule has 0 atom stereocenters. The molecule has 0 spiro atoms. The number of aliphatic hydroxyl groups is 3. The molecule has 0 saturated heterocycles. The van der Waals surface area contributed by atoms with E-state index in [2.05, 4.69) is 0 Å². The Labute approximate surface area is 256 Å². The summed E-state index contributed by atoms with van der Waals surface area (Å²) in [5.41, 5.74) is -2.29. The molecule has 0 aliphatic heterocycles. The second-order valence-electron chi connectivity index (χ2n) is 16.2. The van der Waals surface area contributed by atoms with E-state index in [9.17, 15) is 29.7 Å². The van der Waals surface area contributed by atoms with Crippen molar-refractivity contribution in [2.75, 3.05) is 0 Å². The maximum absolute atomic E-state index is 11.5. The fourth-order valence-corrected chi connectivity index (χ4v) is 1.67. The second-order valence-corrected chi connectivity index (χ2v) is 16.2. The number of allylic oxidation sites excluding steroid dienone is 6. The summed E-state index contributed by atoms with van der Waals surface area (Å²) in [5, 5.41) is 28.7. The Kier molecular flexibility index (Phi) is 18.0. The van der Waals surface area contributed by atoms with Crippen molar-refractivity contribution in [3.63, 3.8) is 0 Å². The molecule has 0 unspecified atom stereocenters. The van der Waals surface area contributed by atoms with Crippen molar-refractivity contribution < 1.29 is 46.8 Å². The van der Waals surface area contributed by atoms with Gasteiger partial charge in [0.1, 0.15) is 17.3 Å². The van der Waals surface area contributed by atoms with Crippen molar-refractivity contribution in [1.29, 1.82) is 0 Å². The smallest absolute Gasteiger partial charge is 0.164 e. The van der Waals surface area contributed by atoms with Crippen LogP contribution in [-0.4, -0.2) is 32.7 Å². The van der Waals surface area contributed by atoms with Crippen LogP contribution in [0.1, 0.15) is 125 Å². The van der Waals surface area contributed by atoms with Gasteiger partial charge in [-0.15, -0.1) is 0 Å². The fourth-order valence-electron chi connectivity index (χ4n) is 1.67. The molecule has 1 radical (unpaired) electrons. The standard InChI is InChI=1S/3C11H20O2.Mn/c3*1-10(2,3)8(12)7-9(13)11(4,5)6;/h3*7,12H,1-6H3;/b2*8-7+;8-7-;. The number of aliphatic hydroxyl groups excluding tert-OH is 3. The Balaban J connectivity index is -0.000000240. The minimum absolute atomic E-state index is 0. The molecular weight excluding hydrogens is 547 g/mol. The molecule has 0 aliphatic carbocycles. The van der Waals surface area contributed by atoms with Crippen molar-refractivity contribution in [2.45, 2.75) is 125 Å². The van der Waals surface area contributed by atoms with Gasteiger partial charge in [-0.05, 0) is 0 Å². The first-order chi connectivity index (χ1) is 16.6. The normalized spacial score (nSPS) is 14.1. The largest absolute Gasteiger partial charge is 0.512 e. The molecule has 3 N–H and O–H groups in total. The first kappa shape index (κ1) is 45.1. The van der Waals surface area contributed by atoms with Gasteiger partial charge < -0.3 is 15.3 Å². The van der Waals surface area contributed by atoms with E-state index in [1.807, 2.05) is 125 Å². The maximum atomic E-state index is 11.5. The molecule has 0 fully saturated rings. The van der Waals surface area contributed by atoms with Gasteiger partial charge in [0.25, 0.3) is 0 Å². The van der Waals surface area contributed by atoms with Crippen molar-refractivity contribution in [1.82, 2.24) is 0 Å². The van der Waals surface area contributed by atoms with Crippen LogP contribution in [0.25, 0.3) is 0 Å². The third-order valence-electron chi connectivity index (χ3n) is 5.33. The molecular formula is C33H60MnO6. The van der Waals surface area contributed by atoms with Crippen molar-refractivity contribution in [3.05, 3.63) is 35.5 Å². The Hall–Kier alpha value is -1.85. The van der Waals surface area contributed by atoms with Gasteiger partial charge >= 0.3 is 0 Å². The van der Waals surface area contributed by atoms with Crippen LogP contribution in [0, 0.1) is 32.5 Å². The predicted octanol–water partition coefficient (Wildman–Crippen LogP) is 9.27. The van der Waals surface area contributed by atoms with Crippen LogP contribution in [0.15, 0.2) is 35.5 Å². The van der Waals surface area contributed by atoms with Crippen LogP contribution < -0.4 is 0 Å². The van der Waals surface area contributed by atoms with Crippen molar-refractivity contribution in [3.8, 4) is 0 Å². The topological polar surface area (TPSA) is 112 Å². The van der Waals surface area contributed by atoms with E-state index in [0.29, 0.717) is 0 Å². The predicted molar refractivity (Wildman–Crippen MR) is 164 cm³/mol. The Morgan fingerprint density at radius 2 is 0.475 bits per heavy atom. The van der Waals surface area contributed by atoms with Crippen LogP contribution in [0.3, 0.4) is 0 Å². The fraction of sp³-hybridized carbons (Fsp3) is 0.727. The van der Waals surface area contributed by atoms with Crippen LogP contribution in [0.2, 0.25) is 0 Å². The maximum Gasteiger partial charge on any atom is 0.164 e. The van der Waals surface area contributed by atoms with Crippen LogP contribution >= 0.6 is 0 Å². The first-order valence-electron chi connectivity index (χ1n) is 13.5. The zero-order valence-corrected chi connectivity index (χ0v) is 29.9. The number of hydrogen-bond donors (Lipinski definition) is 3. The van der Waals surface area contributed by atoms with E-state index < -0.39 is 16.2 Å². The molecule has 0 aromatic carbocycles. The van der Waals surface area contributed by atoms with Gasteiger partial charge in [0.05, 0.1) is 0 Å². The molecule has 0 aliphatic rings. The molecule has 0 aromatic heterocycles. The Bertz CT molecular complexity index is 801. The van der Waals surface area contributed by atoms with Gasteiger partial charge in [-0.2, -0.15) is 0 Å². The van der Waals surface area contributed by atoms with Crippen LogP contribution in [0.4, 0.5) is 0 Å². The van der Waals surface area contributed by atoms with E-state index in [-0.39, 0.29) is 67.9 Å². The summed E-state index contributed by atoms with van der Waals surface area (Å²) in [5.74, 6) is 0.312. The Morgan fingerprint density at radius 1 is 0.350 bits per heavy atom. The monoisotopic (exact) mass is 607 g/mol. The average molecular weight is 608 g/mol. The zero-order chi connectivity index (χ0) is 32.6. The number of rotatable bonds is 3. The molecule has 6 nitrogen and oxygen atoms in total. The summed E-state index contributed by atoms with van der Waals surface area (Å²) in [6.45, 7) is 33.3. The van der Waals surface area contributed by atoms with Gasteiger partial charge in [0.2, 0.25) is 0 Å². The molecule has 0 aromatic rings. The Morgan fingerprint density at radius 3 is 0.550 bits per heavy atom. The SMILES string of the molecule is CC(C)(C)C(=O)/C=C(/O)C(C)(C)C.CC(C)(C)C(=O)/C=C(/O)C(C)(C)C.CC(C)(C)C(=O)/C=C(\O)C(C)(C)C.[Mn].